The zero-order chi connectivity index (χ0) is 11.3. The summed E-state index contributed by atoms with van der Waals surface area (Å²) in [6.45, 7) is 5.52. The molecule has 0 saturated heterocycles. The Labute approximate surface area is 105 Å². The Morgan fingerprint density at radius 2 is 2.33 bits per heavy atom. The van der Waals surface area contributed by atoms with Crippen LogP contribution >= 0.6 is 27.3 Å². The van der Waals surface area contributed by atoms with E-state index in [9.17, 15) is 0 Å². The number of hydrogen-bond donors (Lipinski definition) is 1. The number of rotatable bonds is 6. The van der Waals surface area contributed by atoms with Gasteiger partial charge in [0.2, 0.25) is 0 Å². The molecule has 4 heteroatoms. The van der Waals surface area contributed by atoms with E-state index in [2.05, 4.69) is 51.6 Å². The predicted molar refractivity (Wildman–Crippen MR) is 71.4 cm³/mol. The van der Waals surface area contributed by atoms with Gasteiger partial charge in [-0.2, -0.15) is 0 Å². The first-order valence-electron chi connectivity index (χ1n) is 5.18. The minimum absolute atomic E-state index is 0.693. The van der Waals surface area contributed by atoms with Crippen LogP contribution in [0.15, 0.2) is 15.9 Å². The maximum Gasteiger partial charge on any atom is 0.0336 e. The Morgan fingerprint density at radius 1 is 1.60 bits per heavy atom. The second-order valence-corrected chi connectivity index (χ2v) is 5.91. The molecule has 1 aromatic heterocycles. The van der Waals surface area contributed by atoms with Crippen molar-refractivity contribution in [3.63, 3.8) is 0 Å². The molecule has 0 bridgehead atoms. The summed E-state index contributed by atoms with van der Waals surface area (Å²) in [4.78, 5) is 3.78. The molecule has 0 radical (unpaired) electrons. The maximum atomic E-state index is 3.56. The summed E-state index contributed by atoms with van der Waals surface area (Å²) in [7, 11) is 4.19. The highest BCUT2D eigenvalue weighted by Crippen LogP contribution is 2.23. The second kappa shape index (κ2) is 6.63. The third kappa shape index (κ3) is 4.64. The topological polar surface area (TPSA) is 15.3 Å². The van der Waals surface area contributed by atoms with Gasteiger partial charge in [0.05, 0.1) is 0 Å². The molecule has 1 atom stereocenters. The summed E-state index contributed by atoms with van der Waals surface area (Å²) in [6, 6.07) is 2.12. The van der Waals surface area contributed by atoms with Crippen LogP contribution in [0.2, 0.25) is 0 Å². The molecule has 1 unspecified atom stereocenters. The highest BCUT2D eigenvalue weighted by Gasteiger charge is 2.08. The number of halogens is 1. The quantitative estimate of drug-likeness (QED) is 0.867. The summed E-state index contributed by atoms with van der Waals surface area (Å²) >= 11 is 5.38. The van der Waals surface area contributed by atoms with Crippen molar-refractivity contribution >= 4 is 27.3 Å². The first-order chi connectivity index (χ1) is 7.13. The Kier molecular flexibility index (Phi) is 5.82. The molecule has 0 fully saturated rings. The average Bonchev–Trinajstić information content (AvgIpc) is 2.52. The lowest BCUT2D eigenvalue weighted by Crippen LogP contribution is -2.29. The monoisotopic (exact) mass is 290 g/mol. The normalized spacial score (nSPS) is 13.4. The fourth-order valence-electron chi connectivity index (χ4n) is 1.69. The molecular weight excluding hydrogens is 272 g/mol. The molecule has 0 aliphatic heterocycles. The molecule has 0 spiro atoms. The van der Waals surface area contributed by atoms with Gasteiger partial charge >= 0.3 is 0 Å². The van der Waals surface area contributed by atoms with Crippen LogP contribution in [0.4, 0.5) is 0 Å². The zero-order valence-corrected chi connectivity index (χ0v) is 12.0. The van der Waals surface area contributed by atoms with Gasteiger partial charge in [-0.1, -0.05) is 6.92 Å². The summed E-state index contributed by atoms with van der Waals surface area (Å²) in [5.74, 6) is 0.693. The van der Waals surface area contributed by atoms with E-state index in [1.54, 1.807) is 0 Å². The lowest BCUT2D eigenvalue weighted by atomic mass is 10.1. The Balaban J connectivity index is 2.36. The predicted octanol–water partition coefficient (Wildman–Crippen LogP) is 2.80. The first kappa shape index (κ1) is 13.2. The molecule has 2 nitrogen and oxygen atoms in total. The Hall–Kier alpha value is 0.100. The van der Waals surface area contributed by atoms with Crippen molar-refractivity contribution in [2.75, 3.05) is 27.2 Å². The molecular formula is C11H19BrN2S. The maximum absolute atomic E-state index is 3.56. The van der Waals surface area contributed by atoms with Crippen LogP contribution in [-0.4, -0.2) is 32.1 Å². The summed E-state index contributed by atoms with van der Waals surface area (Å²) in [6.07, 6.45) is 0. The molecule has 0 aliphatic rings. The molecule has 1 N–H and O–H groups in total. The van der Waals surface area contributed by atoms with Crippen LogP contribution in [0, 0.1) is 5.92 Å². The molecule has 1 rings (SSSR count). The molecule has 1 aromatic rings. The van der Waals surface area contributed by atoms with Crippen molar-refractivity contribution in [2.24, 2.45) is 5.92 Å². The minimum atomic E-state index is 0.693. The van der Waals surface area contributed by atoms with Crippen molar-refractivity contribution in [1.82, 2.24) is 10.2 Å². The van der Waals surface area contributed by atoms with Crippen molar-refractivity contribution < 1.29 is 0 Å². The van der Waals surface area contributed by atoms with Gasteiger partial charge in [0.25, 0.3) is 0 Å². The molecule has 15 heavy (non-hydrogen) atoms. The van der Waals surface area contributed by atoms with E-state index >= 15 is 0 Å². The standard InChI is InChI=1S/C11H19BrN2S/c1-9(6-13-2)7-14(3)8-11-10(12)4-5-15-11/h4-5,9,13H,6-8H2,1-3H3. The lowest BCUT2D eigenvalue weighted by Gasteiger charge is -2.20. The van der Waals surface area contributed by atoms with Crippen molar-refractivity contribution in [2.45, 2.75) is 13.5 Å². The van der Waals surface area contributed by atoms with Gasteiger partial charge in [0.15, 0.2) is 0 Å². The number of hydrogen-bond acceptors (Lipinski definition) is 3. The van der Waals surface area contributed by atoms with Gasteiger partial charge in [-0.25, -0.2) is 0 Å². The lowest BCUT2D eigenvalue weighted by molar-refractivity contribution is 0.278. The van der Waals surface area contributed by atoms with Gasteiger partial charge in [-0.15, -0.1) is 11.3 Å². The van der Waals surface area contributed by atoms with Gasteiger partial charge in [0, 0.05) is 22.4 Å². The zero-order valence-electron chi connectivity index (χ0n) is 9.59. The largest absolute Gasteiger partial charge is 0.319 e. The Morgan fingerprint density at radius 3 is 2.87 bits per heavy atom. The molecule has 0 aromatic carbocycles. The highest BCUT2D eigenvalue weighted by molar-refractivity contribution is 9.10. The second-order valence-electron chi connectivity index (χ2n) is 4.05. The van der Waals surface area contributed by atoms with Gasteiger partial charge < -0.3 is 10.2 Å². The number of nitrogens with zero attached hydrogens (tertiary/aromatic N) is 1. The van der Waals surface area contributed by atoms with Crippen LogP contribution in [0.5, 0.6) is 0 Å². The molecule has 0 aliphatic carbocycles. The van der Waals surface area contributed by atoms with E-state index in [0.717, 1.165) is 19.6 Å². The molecule has 1 heterocycles. The third-order valence-corrected chi connectivity index (χ3v) is 4.19. The van der Waals surface area contributed by atoms with Gasteiger partial charge in [-0.05, 0) is 53.9 Å². The fraction of sp³-hybridized carbons (Fsp3) is 0.636. The van der Waals surface area contributed by atoms with E-state index in [0.29, 0.717) is 5.92 Å². The number of thiophene rings is 1. The van der Waals surface area contributed by atoms with Crippen LogP contribution in [-0.2, 0) is 6.54 Å². The van der Waals surface area contributed by atoms with Crippen LogP contribution in [0.1, 0.15) is 11.8 Å². The van der Waals surface area contributed by atoms with Gasteiger partial charge in [-0.3, -0.25) is 0 Å². The Bertz CT molecular complexity index is 288. The SMILES string of the molecule is CNCC(C)CN(C)Cc1sccc1Br. The molecule has 0 saturated carbocycles. The third-order valence-electron chi connectivity index (χ3n) is 2.28. The van der Waals surface area contributed by atoms with Crippen LogP contribution in [0.3, 0.4) is 0 Å². The molecule has 0 amide bonds. The van der Waals surface area contributed by atoms with E-state index in [1.807, 2.05) is 18.4 Å². The summed E-state index contributed by atoms with van der Waals surface area (Å²) < 4.78 is 1.24. The van der Waals surface area contributed by atoms with Crippen molar-refractivity contribution in [3.05, 3.63) is 20.8 Å². The van der Waals surface area contributed by atoms with Crippen LogP contribution < -0.4 is 5.32 Å². The molecule has 86 valence electrons. The number of nitrogens with one attached hydrogen (secondary N) is 1. The van der Waals surface area contributed by atoms with Crippen molar-refractivity contribution in [3.8, 4) is 0 Å². The first-order valence-corrected chi connectivity index (χ1v) is 6.85. The van der Waals surface area contributed by atoms with Crippen LogP contribution in [0.25, 0.3) is 0 Å². The van der Waals surface area contributed by atoms with E-state index in [4.69, 9.17) is 0 Å². The smallest absolute Gasteiger partial charge is 0.0336 e. The van der Waals surface area contributed by atoms with E-state index in [1.165, 1.54) is 9.35 Å². The van der Waals surface area contributed by atoms with E-state index in [-0.39, 0.29) is 0 Å². The summed E-state index contributed by atoms with van der Waals surface area (Å²) in [5.41, 5.74) is 0. The fourth-order valence-corrected chi connectivity index (χ4v) is 3.25. The summed E-state index contributed by atoms with van der Waals surface area (Å²) in [5, 5.41) is 5.34. The van der Waals surface area contributed by atoms with Crippen molar-refractivity contribution in [1.29, 1.82) is 0 Å². The van der Waals surface area contributed by atoms with Gasteiger partial charge in [0.1, 0.15) is 0 Å². The average molecular weight is 291 g/mol. The highest BCUT2D eigenvalue weighted by atomic mass is 79.9. The minimum Gasteiger partial charge on any atom is -0.319 e. The van der Waals surface area contributed by atoms with E-state index < -0.39 is 0 Å².